The number of carbonyl (C=O) groups excluding carboxylic acids is 1. The lowest BCUT2D eigenvalue weighted by molar-refractivity contribution is 0.0950. The Morgan fingerprint density at radius 3 is 2.76 bits per heavy atom. The maximum absolute atomic E-state index is 13.6. The highest BCUT2D eigenvalue weighted by Gasteiger charge is 2.17. The zero-order valence-electron chi connectivity index (χ0n) is 15.3. The quantitative estimate of drug-likeness (QED) is 0.493. The van der Waals surface area contributed by atoms with Gasteiger partial charge in [-0.05, 0) is 42.8 Å². The van der Waals surface area contributed by atoms with Crippen LogP contribution < -0.4 is 5.32 Å². The number of nitrogens with zero attached hydrogens (tertiary/aromatic N) is 3. The minimum Gasteiger partial charge on any atom is -0.606 e. The molecular formula is C20H16FN5O2S. The fourth-order valence-electron chi connectivity index (χ4n) is 2.80. The van der Waals surface area contributed by atoms with Crippen LogP contribution in [0, 0.1) is 12.7 Å². The number of hydrogen-bond acceptors (Lipinski definition) is 5. The molecule has 1 atom stereocenters. The number of halogens is 1. The molecule has 0 aliphatic heterocycles. The molecule has 0 aliphatic rings. The summed E-state index contributed by atoms with van der Waals surface area (Å²) in [7, 11) is 0. The fraction of sp³-hybridized carbons (Fsp3) is 0.100. The third-order valence-electron chi connectivity index (χ3n) is 4.22. The summed E-state index contributed by atoms with van der Waals surface area (Å²) in [5.74, 6) is -0.714. The number of H-pyrrole nitrogens is 1. The maximum atomic E-state index is 13.6. The first-order chi connectivity index (χ1) is 14.0. The van der Waals surface area contributed by atoms with Crippen molar-refractivity contribution in [3.05, 3.63) is 77.6 Å². The lowest BCUT2D eigenvalue weighted by Gasteiger charge is -2.11. The predicted octanol–water partition coefficient (Wildman–Crippen LogP) is 2.90. The van der Waals surface area contributed by atoms with E-state index in [1.54, 1.807) is 37.4 Å². The molecule has 1 amide bonds. The molecule has 0 radical (unpaired) electrons. The number of amides is 1. The van der Waals surface area contributed by atoms with Crippen LogP contribution in [0.4, 0.5) is 4.39 Å². The molecule has 7 nitrogen and oxygen atoms in total. The second-order valence-electron chi connectivity index (χ2n) is 6.43. The number of benzene rings is 1. The molecule has 2 N–H and O–H groups in total. The van der Waals surface area contributed by atoms with Gasteiger partial charge in [0.2, 0.25) is 0 Å². The first-order valence-electron chi connectivity index (χ1n) is 8.71. The second kappa shape index (κ2) is 7.98. The number of nitrogens with one attached hydrogen (secondary N) is 2. The van der Waals surface area contributed by atoms with Gasteiger partial charge < -0.3 is 9.87 Å². The molecule has 4 aromatic rings. The van der Waals surface area contributed by atoms with Crippen LogP contribution in [-0.2, 0) is 17.7 Å². The third-order valence-corrected chi connectivity index (χ3v) is 5.56. The van der Waals surface area contributed by atoms with Gasteiger partial charge >= 0.3 is 0 Å². The van der Waals surface area contributed by atoms with Crippen LogP contribution in [0.3, 0.4) is 0 Å². The molecule has 0 bridgehead atoms. The van der Waals surface area contributed by atoms with E-state index in [1.807, 2.05) is 0 Å². The van der Waals surface area contributed by atoms with Crippen molar-refractivity contribution in [3.63, 3.8) is 0 Å². The Balaban J connectivity index is 1.41. The third kappa shape index (κ3) is 4.25. The van der Waals surface area contributed by atoms with Gasteiger partial charge in [0.1, 0.15) is 5.82 Å². The summed E-state index contributed by atoms with van der Waals surface area (Å²) >= 11 is -1.53. The molecule has 29 heavy (non-hydrogen) atoms. The summed E-state index contributed by atoms with van der Waals surface area (Å²) in [5, 5.41) is 10.1. The van der Waals surface area contributed by atoms with Gasteiger partial charge in [-0.2, -0.15) is 5.10 Å². The van der Waals surface area contributed by atoms with Crippen molar-refractivity contribution >= 4 is 28.1 Å². The van der Waals surface area contributed by atoms with Gasteiger partial charge in [0.05, 0.1) is 30.2 Å². The van der Waals surface area contributed by atoms with Crippen molar-refractivity contribution < 1.29 is 13.7 Å². The SMILES string of the molecule is Cc1cc(F)cc([S+]([O-])c2ccc(CNC(=O)c3cnc4[nH]ncc4c3)nc2)c1. The van der Waals surface area contributed by atoms with E-state index in [9.17, 15) is 13.7 Å². The zero-order chi connectivity index (χ0) is 20.4. The Morgan fingerprint density at radius 1 is 1.14 bits per heavy atom. The van der Waals surface area contributed by atoms with Gasteiger partial charge in [-0.3, -0.25) is 14.9 Å². The van der Waals surface area contributed by atoms with E-state index in [1.165, 1.54) is 24.5 Å². The first kappa shape index (κ1) is 19.0. The van der Waals surface area contributed by atoms with Crippen LogP contribution in [0.2, 0.25) is 0 Å². The number of aromatic nitrogens is 4. The predicted molar refractivity (Wildman–Crippen MR) is 105 cm³/mol. The summed E-state index contributed by atoms with van der Waals surface area (Å²) in [6.07, 6.45) is 4.53. The van der Waals surface area contributed by atoms with Crippen molar-refractivity contribution in [2.24, 2.45) is 0 Å². The normalized spacial score (nSPS) is 12.1. The molecular weight excluding hydrogens is 393 g/mol. The van der Waals surface area contributed by atoms with Gasteiger partial charge in [-0.1, -0.05) is 0 Å². The van der Waals surface area contributed by atoms with E-state index < -0.39 is 17.0 Å². The van der Waals surface area contributed by atoms with E-state index in [0.29, 0.717) is 32.3 Å². The Bertz CT molecular complexity index is 1160. The van der Waals surface area contributed by atoms with Crippen LogP contribution in [0.25, 0.3) is 11.0 Å². The molecule has 3 aromatic heterocycles. The number of aromatic amines is 1. The standard InChI is InChI=1S/C20H16FN5O2S/c1-12-4-15(21)7-18(5-12)29(28)17-3-2-16(22-11-17)10-24-20(27)14-6-13-9-25-26-19(13)23-8-14/h2-9,11H,10H2,1H3,(H,24,27)(H,23,25,26). The van der Waals surface area contributed by atoms with Gasteiger partial charge in [0.25, 0.3) is 5.91 Å². The summed E-state index contributed by atoms with van der Waals surface area (Å²) in [4.78, 5) is 21.5. The lowest BCUT2D eigenvalue weighted by atomic mass is 10.2. The molecule has 0 fully saturated rings. The summed E-state index contributed by atoms with van der Waals surface area (Å²) in [6.45, 7) is 1.95. The molecule has 9 heteroatoms. The topological polar surface area (TPSA) is 107 Å². The Labute approximate surface area is 168 Å². The van der Waals surface area contributed by atoms with Crippen molar-refractivity contribution in [1.29, 1.82) is 0 Å². The van der Waals surface area contributed by atoms with Crippen LogP contribution >= 0.6 is 0 Å². The molecule has 146 valence electrons. The maximum Gasteiger partial charge on any atom is 0.253 e. The first-order valence-corrected chi connectivity index (χ1v) is 9.86. The van der Waals surface area contributed by atoms with Gasteiger partial charge in [0.15, 0.2) is 15.4 Å². The Kier molecular flexibility index (Phi) is 5.24. The molecule has 0 saturated carbocycles. The highest BCUT2D eigenvalue weighted by Crippen LogP contribution is 2.22. The molecule has 0 spiro atoms. The average molecular weight is 409 g/mol. The second-order valence-corrected chi connectivity index (χ2v) is 7.91. The Hall–Kier alpha value is -3.30. The summed E-state index contributed by atoms with van der Waals surface area (Å²) in [6, 6.07) is 9.34. The van der Waals surface area contributed by atoms with E-state index in [4.69, 9.17) is 0 Å². The number of rotatable bonds is 5. The number of carbonyl (C=O) groups is 1. The van der Waals surface area contributed by atoms with Crippen LogP contribution in [0.15, 0.2) is 64.8 Å². The molecule has 1 unspecified atom stereocenters. The molecule has 1 aromatic carbocycles. The summed E-state index contributed by atoms with van der Waals surface area (Å²) < 4.78 is 26.2. The molecule has 4 rings (SSSR count). The highest BCUT2D eigenvalue weighted by atomic mass is 32.2. The fourth-order valence-corrected chi connectivity index (χ4v) is 3.93. The average Bonchev–Trinajstić information content (AvgIpc) is 3.19. The van der Waals surface area contributed by atoms with Crippen molar-refractivity contribution in [1.82, 2.24) is 25.5 Å². The molecule has 0 saturated heterocycles. The smallest absolute Gasteiger partial charge is 0.253 e. The Morgan fingerprint density at radius 2 is 2.00 bits per heavy atom. The number of hydrogen-bond donors (Lipinski definition) is 2. The number of aryl methyl sites for hydroxylation is 1. The van der Waals surface area contributed by atoms with E-state index in [2.05, 4.69) is 25.5 Å². The van der Waals surface area contributed by atoms with E-state index in [0.717, 1.165) is 5.39 Å². The highest BCUT2D eigenvalue weighted by molar-refractivity contribution is 7.91. The van der Waals surface area contributed by atoms with Crippen LogP contribution in [-0.4, -0.2) is 30.6 Å². The molecule has 3 heterocycles. The monoisotopic (exact) mass is 409 g/mol. The van der Waals surface area contributed by atoms with Gasteiger partial charge in [-0.15, -0.1) is 0 Å². The molecule has 0 aliphatic carbocycles. The minimum absolute atomic E-state index is 0.203. The van der Waals surface area contributed by atoms with E-state index in [-0.39, 0.29) is 12.5 Å². The largest absolute Gasteiger partial charge is 0.606 e. The van der Waals surface area contributed by atoms with Gasteiger partial charge in [-0.25, -0.2) is 9.37 Å². The van der Waals surface area contributed by atoms with Crippen LogP contribution in [0.1, 0.15) is 21.6 Å². The number of pyridine rings is 2. The lowest BCUT2D eigenvalue weighted by Crippen LogP contribution is -2.23. The van der Waals surface area contributed by atoms with Crippen LogP contribution in [0.5, 0.6) is 0 Å². The summed E-state index contributed by atoms with van der Waals surface area (Å²) in [5.41, 5.74) is 2.33. The van der Waals surface area contributed by atoms with Crippen molar-refractivity contribution in [2.75, 3.05) is 0 Å². The van der Waals surface area contributed by atoms with E-state index >= 15 is 0 Å². The van der Waals surface area contributed by atoms with Gasteiger partial charge in [0, 0.05) is 28.8 Å². The van der Waals surface area contributed by atoms with Crippen molar-refractivity contribution in [3.8, 4) is 0 Å². The number of fused-ring (bicyclic) bond motifs is 1. The van der Waals surface area contributed by atoms with Crippen molar-refractivity contribution in [2.45, 2.75) is 23.3 Å². The minimum atomic E-state index is -1.53. The zero-order valence-corrected chi connectivity index (χ0v) is 16.2.